The van der Waals surface area contributed by atoms with Crippen LogP contribution >= 0.6 is 0 Å². The van der Waals surface area contributed by atoms with Crippen molar-refractivity contribution in [2.24, 2.45) is 5.92 Å². The van der Waals surface area contributed by atoms with Gasteiger partial charge in [-0.15, -0.1) is 0 Å². The largest absolute Gasteiger partial charge is 0.508 e. The van der Waals surface area contributed by atoms with Gasteiger partial charge in [0.15, 0.2) is 0 Å². The van der Waals surface area contributed by atoms with E-state index in [0.717, 1.165) is 6.42 Å². The number of amides is 2. The molecule has 1 aromatic heterocycles. The topological polar surface area (TPSA) is 100 Å². The number of nitrogens with one attached hydrogen (secondary N) is 2. The molecule has 7 nitrogen and oxygen atoms in total. The summed E-state index contributed by atoms with van der Waals surface area (Å²) >= 11 is 0. The number of phenols is 1. The average molecular weight is 369 g/mol. The number of carbonyl (C=O) groups excluding carboxylic acids is 2. The summed E-state index contributed by atoms with van der Waals surface area (Å²) in [5.41, 5.74) is 0.386. The molecule has 2 aromatic rings. The van der Waals surface area contributed by atoms with Crippen LogP contribution in [0.5, 0.6) is 5.75 Å². The van der Waals surface area contributed by atoms with E-state index < -0.39 is 11.5 Å². The SMILES string of the molecule is CCNC(=O)c1cc(C(=O)N[C@H]2C[C@@H]2C)cn(Cc2cccc(O)c2)c1=O. The number of benzene rings is 1. The summed E-state index contributed by atoms with van der Waals surface area (Å²) in [6.45, 7) is 4.32. The lowest BCUT2D eigenvalue weighted by atomic mass is 10.1. The Morgan fingerprint density at radius 1 is 1.26 bits per heavy atom. The Balaban J connectivity index is 1.98. The van der Waals surface area contributed by atoms with Crippen LogP contribution in [-0.4, -0.2) is 34.1 Å². The molecule has 1 heterocycles. The second-order valence-electron chi connectivity index (χ2n) is 6.90. The Hall–Kier alpha value is -3.09. The third-order valence-electron chi connectivity index (χ3n) is 4.62. The molecule has 3 rings (SSSR count). The first-order chi connectivity index (χ1) is 12.9. The van der Waals surface area contributed by atoms with Gasteiger partial charge in [-0.05, 0) is 43.0 Å². The van der Waals surface area contributed by atoms with Gasteiger partial charge in [0, 0.05) is 18.8 Å². The number of phenolic OH excluding ortho intramolecular Hbond substituents is 1. The maximum absolute atomic E-state index is 12.7. The van der Waals surface area contributed by atoms with Gasteiger partial charge in [-0.3, -0.25) is 14.4 Å². The van der Waals surface area contributed by atoms with Crippen LogP contribution in [0, 0.1) is 5.92 Å². The van der Waals surface area contributed by atoms with Gasteiger partial charge in [-0.2, -0.15) is 0 Å². The van der Waals surface area contributed by atoms with E-state index in [1.807, 2.05) is 6.92 Å². The third-order valence-corrected chi connectivity index (χ3v) is 4.62. The van der Waals surface area contributed by atoms with Crippen LogP contribution < -0.4 is 16.2 Å². The molecule has 1 aromatic carbocycles. The highest BCUT2D eigenvalue weighted by atomic mass is 16.3. The molecule has 2 atom stereocenters. The van der Waals surface area contributed by atoms with E-state index in [4.69, 9.17) is 0 Å². The number of aromatic hydroxyl groups is 1. The third kappa shape index (κ3) is 4.36. The van der Waals surface area contributed by atoms with Gasteiger partial charge < -0.3 is 20.3 Å². The Kier molecular flexibility index (Phi) is 5.30. The van der Waals surface area contributed by atoms with Crippen LogP contribution in [0.2, 0.25) is 0 Å². The highest BCUT2D eigenvalue weighted by molar-refractivity contribution is 5.99. The molecule has 0 spiro atoms. The average Bonchev–Trinajstić information content (AvgIpc) is 3.31. The van der Waals surface area contributed by atoms with Crippen molar-refractivity contribution in [2.45, 2.75) is 32.9 Å². The molecule has 142 valence electrons. The number of pyridine rings is 1. The number of rotatable bonds is 6. The molecule has 3 N–H and O–H groups in total. The maximum atomic E-state index is 12.7. The number of aromatic nitrogens is 1. The molecule has 0 aliphatic heterocycles. The number of nitrogens with zero attached hydrogens (tertiary/aromatic N) is 1. The van der Waals surface area contributed by atoms with Crippen LogP contribution in [0.15, 0.2) is 41.3 Å². The lowest BCUT2D eigenvalue weighted by Gasteiger charge is -2.12. The van der Waals surface area contributed by atoms with Crippen molar-refractivity contribution >= 4 is 11.8 Å². The zero-order valence-corrected chi connectivity index (χ0v) is 15.4. The van der Waals surface area contributed by atoms with E-state index in [1.54, 1.807) is 19.1 Å². The van der Waals surface area contributed by atoms with Crippen molar-refractivity contribution < 1.29 is 14.7 Å². The van der Waals surface area contributed by atoms with E-state index in [1.165, 1.54) is 29.0 Å². The highest BCUT2D eigenvalue weighted by Crippen LogP contribution is 2.29. The maximum Gasteiger partial charge on any atom is 0.263 e. The van der Waals surface area contributed by atoms with E-state index in [2.05, 4.69) is 10.6 Å². The molecular formula is C20H23N3O4. The molecule has 1 saturated carbocycles. The van der Waals surface area contributed by atoms with E-state index in [-0.39, 0.29) is 35.4 Å². The summed E-state index contributed by atoms with van der Waals surface area (Å²) in [6.07, 6.45) is 2.38. The minimum Gasteiger partial charge on any atom is -0.508 e. The van der Waals surface area contributed by atoms with Crippen molar-refractivity contribution in [3.63, 3.8) is 0 Å². The molecule has 0 radical (unpaired) electrons. The quantitative estimate of drug-likeness (QED) is 0.718. The molecule has 1 fully saturated rings. The lowest BCUT2D eigenvalue weighted by Crippen LogP contribution is -2.35. The molecule has 2 amide bonds. The van der Waals surface area contributed by atoms with Crippen molar-refractivity contribution in [3.05, 3.63) is 63.6 Å². The van der Waals surface area contributed by atoms with Crippen LogP contribution in [0.3, 0.4) is 0 Å². The molecule has 0 saturated heterocycles. The van der Waals surface area contributed by atoms with E-state index in [0.29, 0.717) is 18.0 Å². The molecule has 0 unspecified atom stereocenters. The molecule has 1 aliphatic carbocycles. The van der Waals surface area contributed by atoms with Crippen LogP contribution in [0.4, 0.5) is 0 Å². The molecule has 7 heteroatoms. The predicted molar refractivity (Wildman–Crippen MR) is 101 cm³/mol. The Morgan fingerprint density at radius 3 is 2.63 bits per heavy atom. The second kappa shape index (κ2) is 7.65. The Labute approximate surface area is 157 Å². The van der Waals surface area contributed by atoms with Crippen LogP contribution in [0.1, 0.15) is 46.5 Å². The highest BCUT2D eigenvalue weighted by Gasteiger charge is 2.34. The van der Waals surface area contributed by atoms with Gasteiger partial charge in [0.2, 0.25) is 0 Å². The zero-order valence-electron chi connectivity index (χ0n) is 15.4. The Bertz CT molecular complexity index is 935. The van der Waals surface area contributed by atoms with Crippen LogP contribution in [0.25, 0.3) is 0 Å². The standard InChI is InChI=1S/C20H23N3O4/c1-3-21-19(26)16-9-14(18(25)22-17-7-12(17)2)11-23(20(16)27)10-13-5-4-6-15(24)8-13/h4-6,8-9,11-12,17,24H,3,7,10H2,1-2H3,(H,21,26)(H,22,25)/t12-,17-/m0/s1. The van der Waals surface area contributed by atoms with Gasteiger partial charge in [0.05, 0.1) is 12.1 Å². The van der Waals surface area contributed by atoms with Gasteiger partial charge in [-0.25, -0.2) is 0 Å². The van der Waals surface area contributed by atoms with Gasteiger partial charge in [-0.1, -0.05) is 19.1 Å². The van der Waals surface area contributed by atoms with Crippen molar-refractivity contribution in [1.82, 2.24) is 15.2 Å². The van der Waals surface area contributed by atoms with Crippen LogP contribution in [-0.2, 0) is 6.54 Å². The first kappa shape index (κ1) is 18.7. The monoisotopic (exact) mass is 369 g/mol. The van der Waals surface area contributed by atoms with Gasteiger partial charge in [0.1, 0.15) is 11.3 Å². The first-order valence-electron chi connectivity index (χ1n) is 9.00. The summed E-state index contributed by atoms with van der Waals surface area (Å²) in [4.78, 5) is 37.6. The number of hydrogen-bond donors (Lipinski definition) is 3. The minimum atomic E-state index is -0.512. The van der Waals surface area contributed by atoms with Crippen molar-refractivity contribution in [1.29, 1.82) is 0 Å². The minimum absolute atomic E-state index is 0.0755. The number of carbonyl (C=O) groups is 2. The fourth-order valence-corrected chi connectivity index (χ4v) is 2.92. The first-order valence-corrected chi connectivity index (χ1v) is 9.00. The predicted octanol–water partition coefficient (Wildman–Crippen LogP) is 1.49. The van der Waals surface area contributed by atoms with E-state index >= 15 is 0 Å². The van der Waals surface area contributed by atoms with Crippen molar-refractivity contribution in [3.8, 4) is 5.75 Å². The molecule has 27 heavy (non-hydrogen) atoms. The normalized spacial score (nSPS) is 18.0. The summed E-state index contributed by atoms with van der Waals surface area (Å²) in [5.74, 6) is -0.294. The Morgan fingerprint density at radius 2 is 2.00 bits per heavy atom. The van der Waals surface area contributed by atoms with Crippen molar-refractivity contribution in [2.75, 3.05) is 6.54 Å². The van der Waals surface area contributed by atoms with E-state index in [9.17, 15) is 19.5 Å². The summed E-state index contributed by atoms with van der Waals surface area (Å²) in [6, 6.07) is 7.98. The van der Waals surface area contributed by atoms with Gasteiger partial charge >= 0.3 is 0 Å². The fourth-order valence-electron chi connectivity index (χ4n) is 2.92. The molecule has 0 bridgehead atoms. The number of hydrogen-bond acceptors (Lipinski definition) is 4. The zero-order chi connectivity index (χ0) is 19.6. The van der Waals surface area contributed by atoms with Gasteiger partial charge in [0.25, 0.3) is 17.4 Å². The molecular weight excluding hydrogens is 346 g/mol. The summed E-state index contributed by atoms with van der Waals surface area (Å²) < 4.78 is 1.32. The summed E-state index contributed by atoms with van der Waals surface area (Å²) in [5, 5.41) is 15.1. The summed E-state index contributed by atoms with van der Waals surface area (Å²) in [7, 11) is 0. The smallest absolute Gasteiger partial charge is 0.263 e. The lowest BCUT2D eigenvalue weighted by molar-refractivity contribution is 0.0948. The second-order valence-corrected chi connectivity index (χ2v) is 6.90. The molecule has 1 aliphatic rings. The fraction of sp³-hybridized carbons (Fsp3) is 0.350.